The summed E-state index contributed by atoms with van der Waals surface area (Å²) in [5.74, 6) is -4.16. The SMILES string of the molecule is COC(=O)c1cc(NC(=O)C(C)Oc2ccc(F)cc2)c(F)cc1F. The Balaban J connectivity index is 2.13. The Morgan fingerprint density at radius 2 is 1.68 bits per heavy atom. The topological polar surface area (TPSA) is 64.6 Å². The molecule has 0 spiro atoms. The number of ether oxygens (including phenoxy) is 2. The number of hydrogen-bond donors (Lipinski definition) is 1. The zero-order valence-electron chi connectivity index (χ0n) is 13.3. The molecule has 0 aromatic heterocycles. The summed E-state index contributed by atoms with van der Waals surface area (Å²) in [4.78, 5) is 23.5. The lowest BCUT2D eigenvalue weighted by Gasteiger charge is -2.15. The second kappa shape index (κ2) is 7.69. The lowest BCUT2D eigenvalue weighted by Crippen LogP contribution is -2.30. The number of halogens is 3. The lowest BCUT2D eigenvalue weighted by molar-refractivity contribution is -0.122. The Labute approximate surface area is 141 Å². The molecule has 1 amide bonds. The third-order valence-electron chi connectivity index (χ3n) is 3.22. The van der Waals surface area contributed by atoms with E-state index < -0.39 is 46.7 Å². The zero-order chi connectivity index (χ0) is 18.6. The normalized spacial score (nSPS) is 11.6. The molecule has 0 radical (unpaired) electrons. The number of nitrogens with one attached hydrogen (secondary N) is 1. The highest BCUT2D eigenvalue weighted by atomic mass is 19.1. The van der Waals surface area contributed by atoms with E-state index in [-0.39, 0.29) is 5.75 Å². The standard InChI is InChI=1S/C17H14F3NO4/c1-9(25-11-5-3-10(18)4-6-11)16(22)21-15-7-12(17(23)24-2)13(19)8-14(15)20/h3-9H,1-2H3,(H,21,22). The second-order valence-corrected chi connectivity index (χ2v) is 5.01. The summed E-state index contributed by atoms with van der Waals surface area (Å²) in [7, 11) is 1.04. The van der Waals surface area contributed by atoms with Gasteiger partial charge in [0.25, 0.3) is 5.91 Å². The molecule has 0 aliphatic carbocycles. The van der Waals surface area contributed by atoms with Crippen LogP contribution in [0.1, 0.15) is 17.3 Å². The number of carbonyl (C=O) groups excluding carboxylic acids is 2. The van der Waals surface area contributed by atoms with Gasteiger partial charge in [-0.25, -0.2) is 18.0 Å². The van der Waals surface area contributed by atoms with Crippen molar-refractivity contribution in [2.75, 3.05) is 12.4 Å². The predicted molar refractivity (Wildman–Crippen MR) is 82.8 cm³/mol. The molecule has 1 unspecified atom stereocenters. The summed E-state index contributed by atoms with van der Waals surface area (Å²) in [6, 6.07) is 6.26. The van der Waals surface area contributed by atoms with Crippen molar-refractivity contribution in [2.24, 2.45) is 0 Å². The van der Waals surface area contributed by atoms with Crippen molar-refractivity contribution in [2.45, 2.75) is 13.0 Å². The van der Waals surface area contributed by atoms with Crippen molar-refractivity contribution in [3.05, 3.63) is 59.4 Å². The van der Waals surface area contributed by atoms with Crippen LogP contribution in [0.25, 0.3) is 0 Å². The third-order valence-corrected chi connectivity index (χ3v) is 3.22. The van der Waals surface area contributed by atoms with E-state index in [0.29, 0.717) is 6.07 Å². The van der Waals surface area contributed by atoms with Gasteiger partial charge in [-0.3, -0.25) is 4.79 Å². The summed E-state index contributed by atoms with van der Waals surface area (Å²) in [6.45, 7) is 1.39. The molecule has 0 fully saturated rings. The molecule has 0 saturated heterocycles. The smallest absolute Gasteiger partial charge is 0.340 e. The van der Waals surface area contributed by atoms with E-state index in [1.165, 1.54) is 19.1 Å². The van der Waals surface area contributed by atoms with Gasteiger partial charge in [-0.05, 0) is 37.3 Å². The molecule has 0 aliphatic heterocycles. The minimum absolute atomic E-state index is 0.235. The van der Waals surface area contributed by atoms with Crippen molar-refractivity contribution in [3.8, 4) is 5.75 Å². The summed E-state index contributed by atoms with van der Waals surface area (Å²) in [5, 5.41) is 2.20. The third kappa shape index (κ3) is 4.50. The van der Waals surface area contributed by atoms with Gasteiger partial charge in [-0.15, -0.1) is 0 Å². The maximum absolute atomic E-state index is 13.8. The first-order chi connectivity index (χ1) is 11.8. The highest BCUT2D eigenvalue weighted by molar-refractivity contribution is 5.96. The van der Waals surface area contributed by atoms with E-state index in [0.717, 1.165) is 25.3 Å². The molecule has 2 aromatic rings. The van der Waals surface area contributed by atoms with Gasteiger partial charge in [0.05, 0.1) is 18.4 Å². The van der Waals surface area contributed by atoms with E-state index in [1.54, 1.807) is 0 Å². The molecule has 2 aromatic carbocycles. The molecular formula is C17H14F3NO4. The number of methoxy groups -OCH3 is 1. The molecule has 8 heteroatoms. The molecule has 25 heavy (non-hydrogen) atoms. The van der Waals surface area contributed by atoms with E-state index in [1.807, 2.05) is 0 Å². The lowest BCUT2D eigenvalue weighted by atomic mass is 10.1. The quantitative estimate of drug-likeness (QED) is 0.838. The van der Waals surface area contributed by atoms with Crippen LogP contribution in [0.3, 0.4) is 0 Å². The van der Waals surface area contributed by atoms with Crippen LogP contribution in [0, 0.1) is 17.5 Å². The number of anilines is 1. The van der Waals surface area contributed by atoms with Gasteiger partial charge in [0.1, 0.15) is 23.2 Å². The highest BCUT2D eigenvalue weighted by Crippen LogP contribution is 2.21. The molecule has 132 valence electrons. The number of hydrogen-bond acceptors (Lipinski definition) is 4. The van der Waals surface area contributed by atoms with Crippen LogP contribution in [-0.4, -0.2) is 25.1 Å². The Hall–Kier alpha value is -3.03. The van der Waals surface area contributed by atoms with Gasteiger partial charge >= 0.3 is 5.97 Å². The molecule has 0 bridgehead atoms. The minimum atomic E-state index is -1.11. The first-order valence-electron chi connectivity index (χ1n) is 7.12. The first kappa shape index (κ1) is 18.3. The average molecular weight is 353 g/mol. The summed E-state index contributed by atoms with van der Waals surface area (Å²) >= 11 is 0. The summed E-state index contributed by atoms with van der Waals surface area (Å²) in [5.41, 5.74) is -0.923. The van der Waals surface area contributed by atoms with Gasteiger partial charge in [-0.1, -0.05) is 0 Å². The molecule has 0 heterocycles. The maximum Gasteiger partial charge on any atom is 0.340 e. The Morgan fingerprint density at radius 3 is 2.28 bits per heavy atom. The van der Waals surface area contributed by atoms with Crippen LogP contribution in [0.15, 0.2) is 36.4 Å². The maximum atomic E-state index is 13.8. The van der Waals surface area contributed by atoms with Crippen LogP contribution < -0.4 is 10.1 Å². The van der Waals surface area contributed by atoms with Crippen LogP contribution in [0.4, 0.5) is 18.9 Å². The number of carbonyl (C=O) groups is 2. The van der Waals surface area contributed by atoms with Crippen LogP contribution in [0.2, 0.25) is 0 Å². The van der Waals surface area contributed by atoms with Gasteiger partial charge < -0.3 is 14.8 Å². The van der Waals surface area contributed by atoms with Gasteiger partial charge in [0.15, 0.2) is 6.10 Å². The predicted octanol–water partition coefficient (Wildman–Crippen LogP) is 3.30. The molecule has 1 N–H and O–H groups in total. The average Bonchev–Trinajstić information content (AvgIpc) is 2.58. The van der Waals surface area contributed by atoms with Crippen molar-refractivity contribution in [1.29, 1.82) is 0 Å². The van der Waals surface area contributed by atoms with Crippen LogP contribution in [-0.2, 0) is 9.53 Å². The first-order valence-corrected chi connectivity index (χ1v) is 7.12. The van der Waals surface area contributed by atoms with Gasteiger partial charge in [0.2, 0.25) is 0 Å². The molecule has 0 aliphatic rings. The Morgan fingerprint density at radius 1 is 1.04 bits per heavy atom. The fraction of sp³-hybridized carbons (Fsp3) is 0.176. The van der Waals surface area contributed by atoms with E-state index in [9.17, 15) is 22.8 Å². The number of amides is 1. The second-order valence-electron chi connectivity index (χ2n) is 5.01. The van der Waals surface area contributed by atoms with Gasteiger partial charge in [0, 0.05) is 6.07 Å². The van der Waals surface area contributed by atoms with E-state index in [2.05, 4.69) is 10.1 Å². The molecule has 1 atom stereocenters. The van der Waals surface area contributed by atoms with Gasteiger partial charge in [-0.2, -0.15) is 0 Å². The summed E-state index contributed by atoms with van der Waals surface area (Å²) in [6.07, 6.45) is -1.06. The van der Waals surface area contributed by atoms with Crippen LogP contribution >= 0.6 is 0 Å². The monoisotopic (exact) mass is 353 g/mol. The Bertz CT molecular complexity index is 793. The van der Waals surface area contributed by atoms with Crippen molar-refractivity contribution in [3.63, 3.8) is 0 Å². The van der Waals surface area contributed by atoms with Crippen molar-refractivity contribution < 1.29 is 32.2 Å². The molecule has 2 rings (SSSR count). The minimum Gasteiger partial charge on any atom is -0.481 e. The Kier molecular flexibility index (Phi) is 5.63. The highest BCUT2D eigenvalue weighted by Gasteiger charge is 2.20. The number of rotatable bonds is 5. The van der Waals surface area contributed by atoms with E-state index >= 15 is 0 Å². The molecule has 0 saturated carbocycles. The summed E-state index contributed by atoms with van der Waals surface area (Å²) < 4.78 is 49.9. The zero-order valence-corrected chi connectivity index (χ0v) is 13.3. The fourth-order valence-electron chi connectivity index (χ4n) is 1.92. The van der Waals surface area contributed by atoms with Crippen molar-refractivity contribution >= 4 is 17.6 Å². The van der Waals surface area contributed by atoms with Crippen molar-refractivity contribution in [1.82, 2.24) is 0 Å². The number of benzene rings is 2. The van der Waals surface area contributed by atoms with E-state index in [4.69, 9.17) is 4.74 Å². The largest absolute Gasteiger partial charge is 0.481 e. The van der Waals surface area contributed by atoms with Crippen LogP contribution in [0.5, 0.6) is 5.75 Å². The number of esters is 1. The molecular weight excluding hydrogens is 339 g/mol. The molecule has 5 nitrogen and oxygen atoms in total. The fourth-order valence-corrected chi connectivity index (χ4v) is 1.92.